The Kier molecular flexibility index (Phi) is 3.34. The van der Waals surface area contributed by atoms with Crippen LogP contribution in [0.2, 0.25) is 5.82 Å². The van der Waals surface area contributed by atoms with E-state index in [1.807, 2.05) is 5.82 Å². The predicted octanol–water partition coefficient (Wildman–Crippen LogP) is 0.771. The Balaban J connectivity index is 3.15. The van der Waals surface area contributed by atoms with Crippen molar-refractivity contribution in [1.82, 2.24) is 0 Å². The molecule has 0 bridgehead atoms. The first kappa shape index (κ1) is 10.1. The summed E-state index contributed by atoms with van der Waals surface area (Å²) in [5, 5.41) is 8.83. The second-order valence-electron chi connectivity index (χ2n) is 2.37. The third-order valence-electron chi connectivity index (χ3n) is 1.64. The molecule has 1 aromatic rings. The maximum absolute atomic E-state index is 10.7. The van der Waals surface area contributed by atoms with Crippen LogP contribution in [-0.2, 0) is 0 Å². The fourth-order valence-electron chi connectivity index (χ4n) is 0.975. The van der Waals surface area contributed by atoms with Crippen LogP contribution in [-0.4, -0.2) is 33.1 Å². The average molecular weight is 245 g/mol. The molecule has 70 valence electrons. The molecule has 0 spiro atoms. The third kappa shape index (κ3) is 2.23. The van der Waals surface area contributed by atoms with Gasteiger partial charge in [-0.2, -0.15) is 0 Å². The first-order valence-corrected chi connectivity index (χ1v) is 6.21. The molecule has 0 aromatic heterocycles. The fraction of sp³-hybridized carbons (Fsp3) is 0.222. The number of rotatable bonds is 3. The van der Waals surface area contributed by atoms with Gasteiger partial charge in [-0.1, -0.05) is 0 Å². The van der Waals surface area contributed by atoms with Gasteiger partial charge in [0.05, 0.1) is 0 Å². The third-order valence-corrected chi connectivity index (χ3v) is 3.27. The van der Waals surface area contributed by atoms with E-state index in [0.29, 0.717) is 11.3 Å². The van der Waals surface area contributed by atoms with Crippen molar-refractivity contribution in [2.45, 2.75) is 5.82 Å². The average Bonchev–Trinajstić information content (AvgIpc) is 2.16. The molecule has 0 aliphatic rings. The summed E-state index contributed by atoms with van der Waals surface area (Å²) >= 11 is 0.169. The van der Waals surface area contributed by atoms with Crippen molar-refractivity contribution in [1.29, 1.82) is 0 Å². The molecular weight excluding hydrogens is 235 g/mol. The zero-order valence-electron chi connectivity index (χ0n) is 7.40. The summed E-state index contributed by atoms with van der Waals surface area (Å²) in [5.41, 5.74) is 0.378. The molecule has 0 saturated carbocycles. The van der Waals surface area contributed by atoms with E-state index in [2.05, 4.69) is 0 Å². The van der Waals surface area contributed by atoms with Crippen molar-refractivity contribution in [2.24, 2.45) is 0 Å². The number of benzene rings is 1. The van der Waals surface area contributed by atoms with Crippen LogP contribution in [0, 0.1) is 0 Å². The molecule has 0 amide bonds. The molecule has 0 fully saturated rings. The van der Waals surface area contributed by atoms with E-state index in [9.17, 15) is 4.79 Å². The second kappa shape index (κ2) is 4.30. The first-order chi connectivity index (χ1) is 6.19. The van der Waals surface area contributed by atoms with E-state index < -0.39 is 5.97 Å². The molecule has 0 unspecified atom stereocenters. The van der Waals surface area contributed by atoms with Crippen molar-refractivity contribution >= 4 is 25.4 Å². The van der Waals surface area contributed by atoms with E-state index in [4.69, 9.17) is 9.84 Å². The molecule has 0 atom stereocenters. The molecule has 0 radical (unpaired) electrons. The van der Waals surface area contributed by atoms with Gasteiger partial charge in [-0.15, -0.1) is 0 Å². The Morgan fingerprint density at radius 1 is 1.54 bits per heavy atom. The van der Waals surface area contributed by atoms with Crippen LogP contribution in [0.15, 0.2) is 18.2 Å². The van der Waals surface area contributed by atoms with Gasteiger partial charge in [-0.3, -0.25) is 0 Å². The summed E-state index contributed by atoms with van der Waals surface area (Å²) < 4.78 is 5.87. The van der Waals surface area contributed by atoms with Crippen LogP contribution in [0.1, 0.15) is 10.4 Å². The van der Waals surface area contributed by atoms with Gasteiger partial charge in [0.15, 0.2) is 0 Å². The molecule has 0 aliphatic carbocycles. The predicted molar refractivity (Wildman–Crippen MR) is 51.2 cm³/mol. The van der Waals surface area contributed by atoms with Crippen LogP contribution in [0.4, 0.5) is 0 Å². The summed E-state index contributed by atoms with van der Waals surface area (Å²) in [5.74, 6) is 1.82. The number of hydrogen-bond acceptors (Lipinski definition) is 2. The summed E-state index contributed by atoms with van der Waals surface area (Å²) in [7, 11) is 1.57. The Hall–Kier alpha value is -0.991. The van der Waals surface area contributed by atoms with Gasteiger partial charge < -0.3 is 0 Å². The summed E-state index contributed by atoms with van der Waals surface area (Å²) in [6.07, 6.45) is 0. The second-order valence-corrected chi connectivity index (χ2v) is 4.15. The van der Waals surface area contributed by atoms with E-state index in [0.717, 1.165) is 4.46 Å². The maximum atomic E-state index is 10.7. The zero-order chi connectivity index (χ0) is 9.84. The van der Waals surface area contributed by atoms with E-state index in [1.165, 1.54) is 0 Å². The van der Waals surface area contributed by atoms with Crippen molar-refractivity contribution in [3.8, 4) is 5.75 Å². The topological polar surface area (TPSA) is 46.5 Å². The standard InChI is InChI=1S/C9H10O3Se/c1-12-6-3-4-7(9(10)11)8(5-6)13-2/h3-5H,1-2H3,(H,10,11). The molecule has 0 saturated heterocycles. The molecule has 13 heavy (non-hydrogen) atoms. The molecular formula is C9H10O3Se. The van der Waals surface area contributed by atoms with Gasteiger partial charge in [-0.05, 0) is 0 Å². The summed E-state index contributed by atoms with van der Waals surface area (Å²) in [6, 6.07) is 5.03. The number of carboxylic acids is 1. The molecule has 1 N–H and O–H groups in total. The van der Waals surface area contributed by atoms with Gasteiger partial charge in [0.1, 0.15) is 0 Å². The van der Waals surface area contributed by atoms with Crippen molar-refractivity contribution in [2.75, 3.05) is 7.11 Å². The SMILES string of the molecule is COc1ccc(C(=O)O)c([Se]C)c1. The number of methoxy groups -OCH3 is 1. The monoisotopic (exact) mass is 246 g/mol. The Morgan fingerprint density at radius 2 is 2.23 bits per heavy atom. The van der Waals surface area contributed by atoms with E-state index in [-0.39, 0.29) is 15.0 Å². The van der Waals surface area contributed by atoms with E-state index in [1.54, 1.807) is 25.3 Å². The molecule has 0 aliphatic heterocycles. The van der Waals surface area contributed by atoms with Crippen molar-refractivity contribution in [3.63, 3.8) is 0 Å². The number of carboxylic acid groups (broad SMARTS) is 1. The summed E-state index contributed by atoms with van der Waals surface area (Å²) in [4.78, 5) is 10.7. The first-order valence-electron chi connectivity index (χ1n) is 3.64. The number of ether oxygens (including phenoxy) is 1. The van der Waals surface area contributed by atoms with Crippen LogP contribution in [0.3, 0.4) is 0 Å². The normalized spacial score (nSPS) is 9.69. The van der Waals surface area contributed by atoms with Gasteiger partial charge in [-0.25, -0.2) is 0 Å². The number of carbonyl (C=O) groups is 1. The molecule has 4 heteroatoms. The van der Waals surface area contributed by atoms with Crippen molar-refractivity contribution in [3.05, 3.63) is 23.8 Å². The molecule has 1 rings (SSSR count). The van der Waals surface area contributed by atoms with Gasteiger partial charge >= 0.3 is 82.5 Å². The van der Waals surface area contributed by atoms with Gasteiger partial charge in [0.2, 0.25) is 0 Å². The van der Waals surface area contributed by atoms with Gasteiger partial charge in [0, 0.05) is 0 Å². The Bertz CT molecular complexity index is 323. The minimum atomic E-state index is -0.874. The van der Waals surface area contributed by atoms with E-state index >= 15 is 0 Å². The van der Waals surface area contributed by atoms with Crippen LogP contribution >= 0.6 is 0 Å². The minimum absolute atomic E-state index is 0.169. The number of hydrogen-bond donors (Lipinski definition) is 1. The van der Waals surface area contributed by atoms with Crippen LogP contribution < -0.4 is 9.20 Å². The fourth-order valence-corrected chi connectivity index (χ4v) is 2.25. The van der Waals surface area contributed by atoms with Crippen molar-refractivity contribution < 1.29 is 14.6 Å². The Morgan fingerprint density at radius 3 is 2.69 bits per heavy atom. The zero-order valence-corrected chi connectivity index (χ0v) is 9.12. The molecule has 1 aromatic carbocycles. The van der Waals surface area contributed by atoms with Gasteiger partial charge in [0.25, 0.3) is 0 Å². The Labute approximate surface area is 82.9 Å². The van der Waals surface area contributed by atoms with Crippen LogP contribution in [0.25, 0.3) is 0 Å². The molecule has 3 nitrogen and oxygen atoms in total. The molecule has 0 heterocycles. The number of aromatic carboxylic acids is 1. The van der Waals surface area contributed by atoms with Crippen LogP contribution in [0.5, 0.6) is 5.75 Å². The summed E-state index contributed by atoms with van der Waals surface area (Å²) in [6.45, 7) is 0. The quantitative estimate of drug-likeness (QED) is 0.800.